The predicted molar refractivity (Wildman–Crippen MR) is 103 cm³/mol. The van der Waals surface area contributed by atoms with E-state index in [-0.39, 0.29) is 11.5 Å². The number of fused-ring (bicyclic) bond motifs is 2. The molecule has 0 bridgehead atoms. The molecule has 3 aromatic heterocycles. The van der Waals surface area contributed by atoms with Crippen LogP contribution < -0.4 is 10.9 Å². The number of carbonyl (C=O) groups excluding carboxylic acids is 1. The summed E-state index contributed by atoms with van der Waals surface area (Å²) in [4.78, 5) is 27.8. The number of aryl methyl sites for hydroxylation is 2. The van der Waals surface area contributed by atoms with E-state index in [1.807, 2.05) is 37.3 Å². The highest BCUT2D eigenvalue weighted by molar-refractivity contribution is 7.16. The lowest BCUT2D eigenvalue weighted by Gasteiger charge is -2.05. The highest BCUT2D eigenvalue weighted by atomic mass is 32.1. The molecule has 9 heteroatoms. The van der Waals surface area contributed by atoms with E-state index in [4.69, 9.17) is 0 Å². The monoisotopic (exact) mass is 382 g/mol. The van der Waals surface area contributed by atoms with Crippen molar-refractivity contribution in [3.8, 4) is 0 Å². The number of nitrogens with one attached hydrogen (secondary N) is 2. The third-order valence-corrected chi connectivity index (χ3v) is 5.26. The van der Waals surface area contributed by atoms with Crippen LogP contribution in [0.15, 0.2) is 35.1 Å². The predicted octanol–water partition coefficient (Wildman–Crippen LogP) is 1.63. The first-order valence-electron chi connectivity index (χ1n) is 8.65. The Morgan fingerprint density at radius 3 is 2.96 bits per heavy atom. The number of amides is 1. The lowest BCUT2D eigenvalue weighted by Crippen LogP contribution is -2.27. The summed E-state index contributed by atoms with van der Waals surface area (Å²) in [6, 6.07) is 9.52. The van der Waals surface area contributed by atoms with Crippen LogP contribution in [0, 0.1) is 6.92 Å². The quantitative estimate of drug-likeness (QED) is 0.527. The van der Waals surface area contributed by atoms with Gasteiger partial charge in [-0.3, -0.25) is 9.59 Å². The van der Waals surface area contributed by atoms with Crippen LogP contribution in [0.5, 0.6) is 0 Å². The van der Waals surface area contributed by atoms with Crippen molar-refractivity contribution in [3.05, 3.63) is 57.1 Å². The van der Waals surface area contributed by atoms with Gasteiger partial charge < -0.3 is 10.3 Å². The number of benzene rings is 1. The normalized spacial score (nSPS) is 11.3. The number of pyridine rings is 1. The Morgan fingerprint density at radius 1 is 1.26 bits per heavy atom. The zero-order chi connectivity index (χ0) is 18.8. The van der Waals surface area contributed by atoms with Crippen LogP contribution in [0.25, 0.3) is 15.9 Å². The minimum Gasteiger partial charge on any atom is -0.356 e. The smallest absolute Gasteiger partial charge is 0.251 e. The van der Waals surface area contributed by atoms with E-state index in [1.165, 1.54) is 11.3 Å². The molecule has 0 saturated heterocycles. The first kappa shape index (κ1) is 17.3. The maximum atomic E-state index is 12.1. The second kappa shape index (κ2) is 7.28. The number of H-pyrrole nitrogens is 1. The van der Waals surface area contributed by atoms with Gasteiger partial charge in [0.05, 0.1) is 0 Å². The molecule has 4 aromatic rings. The third kappa shape index (κ3) is 3.72. The van der Waals surface area contributed by atoms with Gasteiger partial charge in [0.25, 0.3) is 5.56 Å². The first-order chi connectivity index (χ1) is 13.1. The molecular weight excluding hydrogens is 364 g/mol. The van der Waals surface area contributed by atoms with Gasteiger partial charge in [0, 0.05) is 30.5 Å². The fraction of sp³-hybridized carbons (Fsp3) is 0.278. The van der Waals surface area contributed by atoms with Crippen LogP contribution in [0.3, 0.4) is 0 Å². The molecule has 3 heterocycles. The molecule has 0 radical (unpaired) electrons. The van der Waals surface area contributed by atoms with Gasteiger partial charge >= 0.3 is 0 Å². The van der Waals surface area contributed by atoms with Gasteiger partial charge in [-0.15, -0.1) is 10.2 Å². The maximum Gasteiger partial charge on any atom is 0.251 e. The van der Waals surface area contributed by atoms with E-state index in [0.717, 1.165) is 26.7 Å². The van der Waals surface area contributed by atoms with Gasteiger partial charge in [0.15, 0.2) is 5.82 Å². The summed E-state index contributed by atoms with van der Waals surface area (Å²) >= 11 is 1.44. The molecule has 4 rings (SSSR count). The van der Waals surface area contributed by atoms with Gasteiger partial charge in [0.1, 0.15) is 5.01 Å². The van der Waals surface area contributed by atoms with Crippen molar-refractivity contribution in [1.82, 2.24) is 30.1 Å². The largest absolute Gasteiger partial charge is 0.356 e. The van der Waals surface area contributed by atoms with E-state index in [2.05, 4.69) is 25.6 Å². The van der Waals surface area contributed by atoms with Crippen molar-refractivity contribution in [1.29, 1.82) is 0 Å². The molecule has 8 nitrogen and oxygen atoms in total. The molecule has 138 valence electrons. The van der Waals surface area contributed by atoms with Gasteiger partial charge in [-0.1, -0.05) is 29.5 Å². The number of aromatic amines is 1. The summed E-state index contributed by atoms with van der Waals surface area (Å²) < 4.78 is 1.68. The Balaban J connectivity index is 1.30. The highest BCUT2D eigenvalue weighted by Gasteiger charge is 2.10. The average Bonchev–Trinajstić information content (AvgIpc) is 3.22. The van der Waals surface area contributed by atoms with Crippen LogP contribution in [0.4, 0.5) is 0 Å². The standard InChI is InChI=1S/C18H18N6O2S/c1-11-21-22-18-24(11)23-16(27-18)7-6-15(25)19-9-8-13-10-12-4-2-3-5-14(12)20-17(13)26/h2-5,10H,6-9H2,1H3,(H,19,25)(H,20,26). The fourth-order valence-corrected chi connectivity index (χ4v) is 3.76. The molecule has 0 unspecified atom stereocenters. The molecule has 0 aliphatic carbocycles. The van der Waals surface area contributed by atoms with Crippen LogP contribution in [0.1, 0.15) is 22.8 Å². The second-order valence-corrected chi connectivity index (χ2v) is 7.29. The topological polar surface area (TPSA) is 105 Å². The van der Waals surface area contributed by atoms with Gasteiger partial charge in [0.2, 0.25) is 10.9 Å². The van der Waals surface area contributed by atoms with E-state index in [1.54, 1.807) is 4.52 Å². The Labute approximate surface area is 158 Å². The number of rotatable bonds is 6. The molecule has 1 aromatic carbocycles. The zero-order valence-corrected chi connectivity index (χ0v) is 15.5. The highest BCUT2D eigenvalue weighted by Crippen LogP contribution is 2.15. The fourth-order valence-electron chi connectivity index (χ4n) is 2.88. The first-order valence-corrected chi connectivity index (χ1v) is 9.47. The van der Waals surface area contributed by atoms with Crippen molar-refractivity contribution in [2.45, 2.75) is 26.2 Å². The van der Waals surface area contributed by atoms with Gasteiger partial charge in [-0.05, 0) is 30.9 Å². The number of hydrogen-bond donors (Lipinski definition) is 2. The SMILES string of the molecule is Cc1nnc2sc(CCC(=O)NCCc3cc4ccccc4[nH]c3=O)nn12. The molecule has 0 aliphatic heterocycles. The molecule has 0 saturated carbocycles. The summed E-state index contributed by atoms with van der Waals surface area (Å²) in [5.41, 5.74) is 1.37. The molecular formula is C18H18N6O2S. The van der Waals surface area contributed by atoms with E-state index in [9.17, 15) is 9.59 Å². The van der Waals surface area contributed by atoms with E-state index >= 15 is 0 Å². The summed E-state index contributed by atoms with van der Waals surface area (Å²) in [5.74, 6) is 0.674. The van der Waals surface area contributed by atoms with Crippen LogP contribution in [-0.2, 0) is 17.6 Å². The summed E-state index contributed by atoms with van der Waals surface area (Å²) in [6.07, 6.45) is 1.38. The third-order valence-electron chi connectivity index (χ3n) is 4.30. The second-order valence-electron chi connectivity index (χ2n) is 6.25. The Morgan fingerprint density at radius 2 is 2.11 bits per heavy atom. The maximum absolute atomic E-state index is 12.1. The molecule has 0 fully saturated rings. The Kier molecular flexibility index (Phi) is 4.68. The van der Waals surface area contributed by atoms with E-state index < -0.39 is 0 Å². The molecule has 27 heavy (non-hydrogen) atoms. The lowest BCUT2D eigenvalue weighted by molar-refractivity contribution is -0.121. The van der Waals surface area contributed by atoms with Crippen LogP contribution in [-0.4, -0.2) is 37.2 Å². The number of aromatic nitrogens is 5. The number of carbonyl (C=O) groups is 1. The summed E-state index contributed by atoms with van der Waals surface area (Å²) in [7, 11) is 0. The molecule has 2 N–H and O–H groups in total. The molecule has 0 atom stereocenters. The minimum absolute atomic E-state index is 0.0603. The van der Waals surface area contributed by atoms with Crippen LogP contribution >= 0.6 is 11.3 Å². The van der Waals surface area contributed by atoms with Crippen LogP contribution in [0.2, 0.25) is 0 Å². The van der Waals surface area contributed by atoms with Crippen molar-refractivity contribution in [2.24, 2.45) is 0 Å². The molecule has 0 spiro atoms. The Bertz CT molecular complexity index is 1180. The van der Waals surface area contributed by atoms with E-state index in [0.29, 0.717) is 31.4 Å². The zero-order valence-electron chi connectivity index (χ0n) is 14.7. The van der Waals surface area contributed by atoms with Crippen molar-refractivity contribution in [3.63, 3.8) is 0 Å². The molecule has 0 aliphatic rings. The number of para-hydroxylation sites is 1. The number of nitrogens with zero attached hydrogens (tertiary/aromatic N) is 4. The lowest BCUT2D eigenvalue weighted by atomic mass is 10.1. The van der Waals surface area contributed by atoms with Crippen molar-refractivity contribution < 1.29 is 4.79 Å². The average molecular weight is 382 g/mol. The number of hydrogen-bond acceptors (Lipinski definition) is 6. The minimum atomic E-state index is -0.113. The summed E-state index contributed by atoms with van der Waals surface area (Å²) in [6.45, 7) is 2.26. The molecule has 1 amide bonds. The van der Waals surface area contributed by atoms with Gasteiger partial charge in [-0.2, -0.15) is 9.61 Å². The van der Waals surface area contributed by atoms with Crippen molar-refractivity contribution in [2.75, 3.05) is 6.54 Å². The van der Waals surface area contributed by atoms with Gasteiger partial charge in [-0.25, -0.2) is 0 Å². The summed E-state index contributed by atoms with van der Waals surface area (Å²) in [5, 5.41) is 17.1. The van der Waals surface area contributed by atoms with Crippen molar-refractivity contribution >= 4 is 33.1 Å². The Hall–Kier alpha value is -3.07.